The van der Waals surface area contributed by atoms with Crippen molar-refractivity contribution in [2.45, 2.75) is 13.0 Å². The second-order valence-corrected chi connectivity index (χ2v) is 4.77. The minimum atomic E-state index is 0.0452. The molecule has 0 fully saturated rings. The lowest BCUT2D eigenvalue weighted by molar-refractivity contribution is 0.368. The quantitative estimate of drug-likeness (QED) is 0.885. The highest BCUT2D eigenvalue weighted by Crippen LogP contribution is 2.27. The van der Waals surface area contributed by atoms with Gasteiger partial charge in [0.1, 0.15) is 11.8 Å². The van der Waals surface area contributed by atoms with Crippen LogP contribution >= 0.6 is 11.6 Å². The van der Waals surface area contributed by atoms with Gasteiger partial charge in [0.05, 0.1) is 0 Å². The normalized spacial score (nSPS) is 11.4. The van der Waals surface area contributed by atoms with Crippen LogP contribution in [0.4, 0.5) is 5.69 Å². The summed E-state index contributed by atoms with van der Waals surface area (Å²) in [6.45, 7) is 2.09. The highest BCUT2D eigenvalue weighted by Gasteiger charge is 2.09. The number of halogens is 1. The summed E-state index contributed by atoms with van der Waals surface area (Å²) in [6.07, 6.45) is 0. The predicted molar refractivity (Wildman–Crippen MR) is 81.0 cm³/mol. The minimum Gasteiger partial charge on any atom is -0.479 e. The number of hydrogen-bond acceptors (Lipinski definition) is 3. The summed E-state index contributed by atoms with van der Waals surface area (Å²) in [7, 11) is 0. The van der Waals surface area contributed by atoms with E-state index < -0.39 is 0 Å². The van der Waals surface area contributed by atoms with Gasteiger partial charge in [0.25, 0.3) is 0 Å². The van der Waals surface area contributed by atoms with Crippen molar-refractivity contribution in [3.05, 3.63) is 59.1 Å². The van der Waals surface area contributed by atoms with Gasteiger partial charge in [-0.3, -0.25) is 0 Å². The average molecular weight is 287 g/mol. The molecule has 0 aliphatic carbocycles. The summed E-state index contributed by atoms with van der Waals surface area (Å²) in [6, 6.07) is 17.3. The van der Waals surface area contributed by atoms with E-state index in [0.29, 0.717) is 5.75 Å². The maximum atomic E-state index is 8.52. The van der Waals surface area contributed by atoms with Gasteiger partial charge in [0.2, 0.25) is 0 Å². The van der Waals surface area contributed by atoms with Crippen molar-refractivity contribution in [3.63, 3.8) is 0 Å². The Morgan fingerprint density at radius 3 is 2.80 bits per heavy atom. The van der Waals surface area contributed by atoms with Crippen LogP contribution in [0.25, 0.3) is 0 Å². The van der Waals surface area contributed by atoms with Crippen molar-refractivity contribution in [1.29, 1.82) is 5.26 Å². The van der Waals surface area contributed by atoms with E-state index in [1.165, 1.54) is 0 Å². The molecule has 0 aromatic heterocycles. The third kappa shape index (κ3) is 3.66. The average Bonchev–Trinajstić information content (AvgIpc) is 2.46. The Balaban J connectivity index is 2.10. The molecule has 3 nitrogen and oxygen atoms in total. The lowest BCUT2D eigenvalue weighted by Gasteiger charge is -2.17. The molecule has 2 aromatic carbocycles. The summed E-state index contributed by atoms with van der Waals surface area (Å²) < 4.78 is 5.28. The fraction of sp³-hybridized carbons (Fsp3) is 0.188. The molecule has 1 unspecified atom stereocenters. The molecule has 0 heterocycles. The van der Waals surface area contributed by atoms with Crippen LogP contribution in [-0.2, 0) is 0 Å². The number of rotatable bonds is 5. The minimum absolute atomic E-state index is 0.0452. The van der Waals surface area contributed by atoms with E-state index in [1.807, 2.05) is 61.5 Å². The van der Waals surface area contributed by atoms with Crippen LogP contribution in [0.1, 0.15) is 18.5 Å². The molecule has 0 saturated heterocycles. The molecule has 0 bridgehead atoms. The first kappa shape index (κ1) is 14.2. The molecule has 0 aliphatic rings. The van der Waals surface area contributed by atoms with Crippen molar-refractivity contribution in [3.8, 4) is 11.8 Å². The molecule has 0 radical (unpaired) electrons. The van der Waals surface area contributed by atoms with E-state index in [0.717, 1.165) is 16.3 Å². The molecule has 2 rings (SSSR count). The Labute approximate surface area is 123 Å². The van der Waals surface area contributed by atoms with Crippen LogP contribution in [0.2, 0.25) is 5.02 Å². The lowest BCUT2D eigenvalue weighted by Crippen LogP contribution is -2.07. The van der Waals surface area contributed by atoms with Crippen LogP contribution in [-0.4, -0.2) is 6.61 Å². The SMILES string of the molecule is CC(Nc1cccc(OCC#N)c1)c1ccccc1Cl. The van der Waals surface area contributed by atoms with E-state index in [1.54, 1.807) is 0 Å². The van der Waals surface area contributed by atoms with Gasteiger partial charge in [-0.2, -0.15) is 5.26 Å². The fourth-order valence-corrected chi connectivity index (χ4v) is 2.24. The maximum absolute atomic E-state index is 8.52. The zero-order valence-corrected chi connectivity index (χ0v) is 11.9. The van der Waals surface area contributed by atoms with Gasteiger partial charge in [0, 0.05) is 22.8 Å². The predicted octanol–water partition coefficient (Wildman–Crippen LogP) is 4.42. The van der Waals surface area contributed by atoms with Gasteiger partial charge in [-0.15, -0.1) is 0 Å². The standard InChI is InChI=1S/C16H15ClN2O/c1-12(15-7-2-3-8-16(15)17)19-13-5-4-6-14(11-13)20-10-9-18/h2-8,11-12,19H,10H2,1H3. The fourth-order valence-electron chi connectivity index (χ4n) is 1.95. The molecule has 4 heteroatoms. The number of nitrogens with zero attached hydrogens (tertiary/aromatic N) is 1. The highest BCUT2D eigenvalue weighted by molar-refractivity contribution is 6.31. The second kappa shape index (κ2) is 6.83. The highest BCUT2D eigenvalue weighted by atomic mass is 35.5. The van der Waals surface area contributed by atoms with E-state index in [4.69, 9.17) is 21.6 Å². The van der Waals surface area contributed by atoms with Crippen LogP contribution in [0.5, 0.6) is 5.75 Å². The molecule has 20 heavy (non-hydrogen) atoms. The molecule has 102 valence electrons. The smallest absolute Gasteiger partial charge is 0.174 e. The summed E-state index contributed by atoms with van der Waals surface area (Å²) in [5.74, 6) is 0.669. The maximum Gasteiger partial charge on any atom is 0.174 e. The van der Waals surface area contributed by atoms with Gasteiger partial charge < -0.3 is 10.1 Å². The molecule has 0 aliphatic heterocycles. The van der Waals surface area contributed by atoms with Crippen LogP contribution in [0, 0.1) is 11.3 Å². The summed E-state index contributed by atoms with van der Waals surface area (Å²) >= 11 is 6.18. The largest absolute Gasteiger partial charge is 0.479 e. The summed E-state index contributed by atoms with van der Waals surface area (Å²) in [4.78, 5) is 0. The van der Waals surface area contributed by atoms with Gasteiger partial charge in [-0.25, -0.2) is 0 Å². The van der Waals surface area contributed by atoms with Crippen molar-refractivity contribution < 1.29 is 4.74 Å². The molecule has 2 aromatic rings. The first-order chi connectivity index (χ1) is 9.70. The van der Waals surface area contributed by atoms with Crippen molar-refractivity contribution >= 4 is 17.3 Å². The molecular weight excluding hydrogens is 272 g/mol. The van der Waals surface area contributed by atoms with Crippen LogP contribution < -0.4 is 10.1 Å². The molecule has 0 amide bonds. The number of hydrogen-bond donors (Lipinski definition) is 1. The second-order valence-electron chi connectivity index (χ2n) is 4.36. The topological polar surface area (TPSA) is 45.0 Å². The Kier molecular flexibility index (Phi) is 4.86. The first-order valence-corrected chi connectivity index (χ1v) is 6.69. The number of anilines is 1. The van der Waals surface area contributed by atoms with E-state index >= 15 is 0 Å². The van der Waals surface area contributed by atoms with E-state index in [-0.39, 0.29) is 12.6 Å². The Morgan fingerprint density at radius 1 is 1.25 bits per heavy atom. The van der Waals surface area contributed by atoms with Gasteiger partial charge in [0.15, 0.2) is 6.61 Å². The number of nitriles is 1. The van der Waals surface area contributed by atoms with E-state index in [2.05, 4.69) is 5.32 Å². The van der Waals surface area contributed by atoms with Crippen LogP contribution in [0.15, 0.2) is 48.5 Å². The third-order valence-electron chi connectivity index (χ3n) is 2.89. The van der Waals surface area contributed by atoms with Crippen molar-refractivity contribution in [1.82, 2.24) is 0 Å². The van der Waals surface area contributed by atoms with Gasteiger partial charge in [-0.1, -0.05) is 35.9 Å². The molecule has 1 N–H and O–H groups in total. The summed E-state index contributed by atoms with van der Waals surface area (Å²) in [5.41, 5.74) is 1.96. The number of benzene rings is 2. The van der Waals surface area contributed by atoms with Gasteiger partial charge >= 0.3 is 0 Å². The zero-order valence-electron chi connectivity index (χ0n) is 11.1. The monoisotopic (exact) mass is 286 g/mol. The Morgan fingerprint density at radius 2 is 2.05 bits per heavy atom. The molecule has 0 spiro atoms. The number of ether oxygens (including phenoxy) is 1. The third-order valence-corrected chi connectivity index (χ3v) is 3.24. The molecule has 0 saturated carbocycles. The Bertz CT molecular complexity index is 622. The van der Waals surface area contributed by atoms with E-state index in [9.17, 15) is 0 Å². The first-order valence-electron chi connectivity index (χ1n) is 6.31. The Hall–Kier alpha value is -2.18. The number of nitrogens with one attached hydrogen (secondary N) is 1. The van der Waals surface area contributed by atoms with Gasteiger partial charge in [-0.05, 0) is 30.7 Å². The van der Waals surface area contributed by atoms with Crippen molar-refractivity contribution in [2.75, 3.05) is 11.9 Å². The zero-order chi connectivity index (χ0) is 14.4. The summed E-state index contributed by atoms with van der Waals surface area (Å²) in [5, 5.41) is 12.6. The molecular formula is C16H15ClN2O. The van der Waals surface area contributed by atoms with Crippen LogP contribution in [0.3, 0.4) is 0 Å². The molecule has 1 atom stereocenters. The van der Waals surface area contributed by atoms with Crippen molar-refractivity contribution in [2.24, 2.45) is 0 Å². The lowest BCUT2D eigenvalue weighted by atomic mass is 10.1.